The number of methoxy groups -OCH3 is 1. The summed E-state index contributed by atoms with van der Waals surface area (Å²) in [5, 5.41) is 1.86. The summed E-state index contributed by atoms with van der Waals surface area (Å²) in [6.45, 7) is 0. The van der Waals surface area contributed by atoms with Crippen LogP contribution in [0.15, 0.2) is 89.3 Å². The molecule has 1 aromatic heterocycles. The summed E-state index contributed by atoms with van der Waals surface area (Å²) < 4.78 is 49.9. The van der Waals surface area contributed by atoms with Gasteiger partial charge in [0.05, 0.1) is 24.1 Å². The quantitative estimate of drug-likeness (QED) is 0.288. The highest BCUT2D eigenvalue weighted by atomic mass is 19.5. The van der Waals surface area contributed by atoms with Crippen LogP contribution in [0.1, 0.15) is 10.4 Å². The SMILES string of the molecule is COC(=O)c1cccc([NH+]=c2cc(-c3ccccc3)oc3ccccc23)c1.F[B-](F)(F)F. The second-order valence-corrected chi connectivity index (χ2v) is 6.58. The molecule has 32 heavy (non-hydrogen) atoms. The minimum atomic E-state index is -6.00. The first-order valence-corrected chi connectivity index (χ1v) is 9.48. The average Bonchev–Trinajstić information content (AvgIpc) is 2.78. The molecule has 0 aliphatic heterocycles. The maximum atomic E-state index is 11.8. The molecule has 0 spiro atoms. The zero-order chi connectivity index (χ0) is 23.1. The Morgan fingerprint density at radius 2 is 1.53 bits per heavy atom. The fourth-order valence-corrected chi connectivity index (χ4v) is 2.98. The van der Waals surface area contributed by atoms with E-state index in [2.05, 4.69) is 4.99 Å². The molecule has 1 N–H and O–H groups in total. The Kier molecular flexibility index (Phi) is 7.09. The third-order valence-corrected chi connectivity index (χ3v) is 4.29. The van der Waals surface area contributed by atoms with Crippen LogP contribution in [-0.2, 0) is 4.74 Å². The summed E-state index contributed by atoms with van der Waals surface area (Å²) in [4.78, 5) is 15.2. The van der Waals surface area contributed by atoms with Crippen molar-refractivity contribution in [3.05, 3.63) is 95.8 Å². The Hall–Kier alpha value is -3.88. The lowest BCUT2D eigenvalue weighted by Gasteiger charge is -2.03. The maximum absolute atomic E-state index is 11.8. The molecule has 1 heterocycles. The molecule has 0 unspecified atom stereocenters. The van der Waals surface area contributed by atoms with E-state index in [9.17, 15) is 22.1 Å². The number of para-hydroxylation sites is 1. The van der Waals surface area contributed by atoms with E-state index in [0.717, 1.165) is 33.3 Å². The van der Waals surface area contributed by atoms with Gasteiger partial charge in [0.25, 0.3) is 0 Å². The van der Waals surface area contributed by atoms with Gasteiger partial charge in [0, 0.05) is 17.7 Å². The molecule has 0 aliphatic carbocycles. The molecule has 0 aliphatic rings. The van der Waals surface area contributed by atoms with Gasteiger partial charge >= 0.3 is 13.2 Å². The van der Waals surface area contributed by atoms with Crippen molar-refractivity contribution in [2.75, 3.05) is 7.11 Å². The van der Waals surface area contributed by atoms with Gasteiger partial charge in [0.15, 0.2) is 0 Å². The number of rotatable bonds is 3. The van der Waals surface area contributed by atoms with Gasteiger partial charge in [-0.05, 0) is 18.2 Å². The number of esters is 1. The van der Waals surface area contributed by atoms with Crippen LogP contribution < -0.4 is 10.3 Å². The molecule has 0 amide bonds. The lowest BCUT2D eigenvalue weighted by atomic mass is 10.1. The Morgan fingerprint density at radius 3 is 2.22 bits per heavy atom. The number of benzene rings is 3. The lowest BCUT2D eigenvalue weighted by Crippen LogP contribution is -2.70. The van der Waals surface area contributed by atoms with Gasteiger partial charge in [-0.25, -0.2) is 9.79 Å². The summed E-state index contributed by atoms with van der Waals surface area (Å²) in [6.07, 6.45) is 0. The largest absolute Gasteiger partial charge is 0.673 e. The van der Waals surface area contributed by atoms with Crippen molar-refractivity contribution in [2.45, 2.75) is 0 Å². The van der Waals surface area contributed by atoms with Crippen LogP contribution in [0.25, 0.3) is 22.3 Å². The highest BCUT2D eigenvalue weighted by Gasteiger charge is 2.20. The van der Waals surface area contributed by atoms with Crippen LogP contribution in [0.3, 0.4) is 0 Å². The van der Waals surface area contributed by atoms with E-state index in [4.69, 9.17) is 9.15 Å². The number of carbonyl (C=O) groups is 1. The van der Waals surface area contributed by atoms with Gasteiger partial charge in [0.2, 0.25) is 11.0 Å². The van der Waals surface area contributed by atoms with Crippen LogP contribution in [0.2, 0.25) is 0 Å². The van der Waals surface area contributed by atoms with Gasteiger partial charge in [0.1, 0.15) is 11.3 Å². The van der Waals surface area contributed by atoms with E-state index in [0.29, 0.717) is 5.56 Å². The molecule has 3 aromatic carbocycles. The highest BCUT2D eigenvalue weighted by molar-refractivity contribution is 6.50. The van der Waals surface area contributed by atoms with Gasteiger partial charge in [-0.2, -0.15) is 0 Å². The number of ether oxygens (including phenoxy) is 1. The molecule has 0 saturated carbocycles. The molecule has 4 nitrogen and oxygen atoms in total. The molecule has 0 radical (unpaired) electrons. The summed E-state index contributed by atoms with van der Waals surface area (Å²) in [5.74, 6) is 0.400. The lowest BCUT2D eigenvalue weighted by molar-refractivity contribution is -0.400. The fourth-order valence-electron chi connectivity index (χ4n) is 2.98. The van der Waals surface area contributed by atoms with Gasteiger partial charge in [-0.3, -0.25) is 0 Å². The molecule has 9 heteroatoms. The van der Waals surface area contributed by atoms with Crippen molar-refractivity contribution in [3.63, 3.8) is 0 Å². The molecule has 0 atom stereocenters. The van der Waals surface area contributed by atoms with Crippen LogP contribution in [0.5, 0.6) is 0 Å². The van der Waals surface area contributed by atoms with Crippen molar-refractivity contribution < 1.29 is 36.2 Å². The minimum Gasteiger partial charge on any atom is -0.465 e. The normalized spacial score (nSPS) is 11.6. The summed E-state index contributed by atoms with van der Waals surface area (Å²) in [5.41, 5.74) is 3.07. The smallest absolute Gasteiger partial charge is 0.465 e. The van der Waals surface area contributed by atoms with E-state index in [-0.39, 0.29) is 5.97 Å². The summed E-state index contributed by atoms with van der Waals surface area (Å²) in [7, 11) is -4.62. The topological polar surface area (TPSA) is 53.4 Å². The predicted octanol–water partition coefficient (Wildman–Crippen LogP) is 4.50. The van der Waals surface area contributed by atoms with Gasteiger partial charge in [-0.15, -0.1) is 0 Å². The van der Waals surface area contributed by atoms with E-state index in [1.54, 1.807) is 12.1 Å². The van der Waals surface area contributed by atoms with Crippen LogP contribution >= 0.6 is 0 Å². The first-order valence-electron chi connectivity index (χ1n) is 9.48. The second-order valence-electron chi connectivity index (χ2n) is 6.58. The number of nitrogens with one attached hydrogen (secondary N) is 1. The molecular weight excluding hydrogens is 425 g/mol. The van der Waals surface area contributed by atoms with Crippen molar-refractivity contribution >= 4 is 29.9 Å². The van der Waals surface area contributed by atoms with Crippen LogP contribution in [-0.4, -0.2) is 20.3 Å². The first-order chi connectivity index (χ1) is 15.2. The zero-order valence-corrected chi connectivity index (χ0v) is 16.9. The molecule has 0 saturated heterocycles. The van der Waals surface area contributed by atoms with E-state index < -0.39 is 7.25 Å². The molecule has 0 fully saturated rings. The van der Waals surface area contributed by atoms with Crippen LogP contribution in [0, 0.1) is 0 Å². The standard InChI is InChI=1S/C23H17NO3.BF4/c1-26-23(25)17-10-7-11-18(14-17)24-20-15-22(16-8-3-2-4-9-16)27-21-13-6-5-12-19(20)21;2-1(3,4)5/h2-15H,1H3;/q;-1/p+1. The summed E-state index contributed by atoms with van der Waals surface area (Å²) in [6, 6.07) is 27.0. The summed E-state index contributed by atoms with van der Waals surface area (Å²) >= 11 is 0. The van der Waals surface area contributed by atoms with E-state index in [1.807, 2.05) is 72.8 Å². The number of halogens is 4. The predicted molar refractivity (Wildman–Crippen MR) is 113 cm³/mol. The van der Waals surface area contributed by atoms with E-state index >= 15 is 0 Å². The molecule has 0 bridgehead atoms. The molecule has 164 valence electrons. The average molecular weight is 443 g/mol. The monoisotopic (exact) mass is 443 g/mol. The number of hydrogen-bond acceptors (Lipinski definition) is 3. The minimum absolute atomic E-state index is 0.364. The van der Waals surface area contributed by atoms with Crippen LogP contribution in [0.4, 0.5) is 23.0 Å². The number of fused-ring (bicyclic) bond motifs is 1. The van der Waals surface area contributed by atoms with Crippen molar-refractivity contribution in [1.82, 2.24) is 0 Å². The van der Waals surface area contributed by atoms with E-state index in [1.165, 1.54) is 7.11 Å². The van der Waals surface area contributed by atoms with Gasteiger partial charge in [-0.1, -0.05) is 48.5 Å². The fraction of sp³-hybridized carbons (Fsp3) is 0.0435. The Labute approximate surface area is 180 Å². The maximum Gasteiger partial charge on any atom is 0.673 e. The Bertz CT molecular complexity index is 1280. The number of carbonyl (C=O) groups excluding carboxylic acids is 1. The van der Waals surface area contributed by atoms with Crippen molar-refractivity contribution in [1.29, 1.82) is 0 Å². The highest BCUT2D eigenvalue weighted by Crippen LogP contribution is 2.21. The Balaban J connectivity index is 0.000000523. The van der Waals surface area contributed by atoms with Crippen molar-refractivity contribution in [2.24, 2.45) is 0 Å². The first kappa shape index (κ1) is 22.8. The van der Waals surface area contributed by atoms with Gasteiger partial charge < -0.3 is 26.4 Å². The molecule has 4 aromatic rings. The third-order valence-electron chi connectivity index (χ3n) is 4.29. The zero-order valence-electron chi connectivity index (χ0n) is 16.9. The Morgan fingerprint density at radius 1 is 0.875 bits per heavy atom. The molecular formula is C23H18BF4NO3. The third kappa shape index (κ3) is 6.31. The van der Waals surface area contributed by atoms with Crippen molar-refractivity contribution in [3.8, 4) is 11.3 Å². The molecule has 4 rings (SSSR count). The second kappa shape index (κ2) is 9.95. The number of hydrogen-bond donors (Lipinski definition) is 1.